The molecule has 1 aliphatic heterocycles. The summed E-state index contributed by atoms with van der Waals surface area (Å²) in [5, 5.41) is 9.99. The Kier molecular flexibility index (Phi) is 6.47. The van der Waals surface area contributed by atoms with E-state index >= 15 is 0 Å². The van der Waals surface area contributed by atoms with Crippen molar-refractivity contribution < 1.29 is 13.6 Å². The summed E-state index contributed by atoms with van der Waals surface area (Å²) in [6.07, 6.45) is -0.406. The van der Waals surface area contributed by atoms with E-state index in [0.717, 1.165) is 0 Å². The van der Waals surface area contributed by atoms with Gasteiger partial charge in [-0.2, -0.15) is 5.26 Å². The Balaban J connectivity index is 2.98. The van der Waals surface area contributed by atoms with Gasteiger partial charge in [0.05, 0.1) is 25.4 Å². The van der Waals surface area contributed by atoms with Crippen molar-refractivity contribution in [3.8, 4) is 6.07 Å². The van der Waals surface area contributed by atoms with Crippen LogP contribution in [0.1, 0.15) is 48.5 Å². The molecule has 0 N–H and O–H groups in total. The van der Waals surface area contributed by atoms with Gasteiger partial charge in [0.15, 0.2) is 16.6 Å². The third-order valence-electron chi connectivity index (χ3n) is 6.46. The van der Waals surface area contributed by atoms with Crippen LogP contribution in [-0.4, -0.2) is 42.1 Å². The van der Waals surface area contributed by atoms with E-state index in [4.69, 9.17) is 13.6 Å². The van der Waals surface area contributed by atoms with Crippen molar-refractivity contribution in [3.05, 3.63) is 0 Å². The van der Waals surface area contributed by atoms with Gasteiger partial charge in [0.25, 0.3) is 0 Å². The molecule has 0 aliphatic carbocycles. The van der Waals surface area contributed by atoms with Gasteiger partial charge in [0.2, 0.25) is 0 Å². The zero-order valence-electron chi connectivity index (χ0n) is 18.2. The van der Waals surface area contributed by atoms with Crippen molar-refractivity contribution in [2.75, 3.05) is 13.2 Å². The van der Waals surface area contributed by atoms with Crippen LogP contribution >= 0.6 is 0 Å². The van der Waals surface area contributed by atoms with Crippen molar-refractivity contribution in [1.82, 2.24) is 0 Å². The minimum absolute atomic E-state index is 0.0940. The van der Waals surface area contributed by atoms with Crippen LogP contribution in [0, 0.1) is 16.7 Å². The molecule has 0 aromatic rings. The number of rotatable bonds is 5. The molecule has 0 amide bonds. The molecule has 0 aromatic heterocycles. The highest BCUT2D eigenvalue weighted by Crippen LogP contribution is 2.44. The number of nitriles is 1. The average molecular weight is 386 g/mol. The van der Waals surface area contributed by atoms with E-state index in [9.17, 15) is 5.26 Å². The van der Waals surface area contributed by atoms with Gasteiger partial charge < -0.3 is 13.6 Å². The summed E-state index contributed by atoms with van der Waals surface area (Å²) in [6.45, 7) is 25.2. The van der Waals surface area contributed by atoms with Crippen molar-refractivity contribution in [2.45, 2.75) is 96.9 Å². The molecule has 1 heterocycles. The predicted octanol–water partition coefficient (Wildman–Crippen LogP) is 5.33. The number of ether oxygens (including phenoxy) is 1. The highest BCUT2D eigenvalue weighted by atomic mass is 28.4. The second kappa shape index (κ2) is 7.08. The molecule has 25 heavy (non-hydrogen) atoms. The van der Waals surface area contributed by atoms with Gasteiger partial charge in [0.1, 0.15) is 11.5 Å². The predicted molar refractivity (Wildman–Crippen MR) is 109 cm³/mol. The summed E-state index contributed by atoms with van der Waals surface area (Å²) >= 11 is 0. The molecule has 1 aliphatic rings. The topological polar surface area (TPSA) is 51.5 Å². The standard InChI is InChI=1S/C19H39NO3Si2/c1-17(2,3)24(8,9)22-12-15-16(19(7,13-20)14-21-15)23-25(10,11)18(4,5)6/h15-16H,12,14H2,1-11H3/t15-,16?,19+/m1/s1. The first-order valence-electron chi connectivity index (χ1n) is 9.31. The number of hydrogen-bond donors (Lipinski definition) is 0. The van der Waals surface area contributed by atoms with E-state index in [2.05, 4.69) is 73.8 Å². The Labute approximate surface area is 157 Å². The van der Waals surface area contributed by atoms with E-state index < -0.39 is 22.0 Å². The molecule has 0 radical (unpaired) electrons. The largest absolute Gasteiger partial charge is 0.414 e. The van der Waals surface area contributed by atoms with Gasteiger partial charge in [-0.15, -0.1) is 0 Å². The molecule has 0 spiro atoms. The molecule has 4 nitrogen and oxygen atoms in total. The van der Waals surface area contributed by atoms with Crippen molar-refractivity contribution in [1.29, 1.82) is 5.26 Å². The van der Waals surface area contributed by atoms with Gasteiger partial charge in [0, 0.05) is 0 Å². The zero-order chi connectivity index (χ0) is 19.9. The Morgan fingerprint density at radius 2 is 1.52 bits per heavy atom. The van der Waals surface area contributed by atoms with E-state index in [1.807, 2.05) is 6.92 Å². The molecule has 0 aromatic carbocycles. The third kappa shape index (κ3) is 4.95. The molecular formula is C19H39NO3Si2. The van der Waals surface area contributed by atoms with Crippen molar-refractivity contribution in [2.24, 2.45) is 5.41 Å². The molecular weight excluding hydrogens is 346 g/mol. The monoisotopic (exact) mass is 385 g/mol. The lowest BCUT2D eigenvalue weighted by Gasteiger charge is -2.42. The van der Waals surface area contributed by atoms with E-state index in [1.54, 1.807) is 0 Å². The van der Waals surface area contributed by atoms with Gasteiger partial charge in [-0.3, -0.25) is 0 Å². The quantitative estimate of drug-likeness (QED) is 0.600. The maximum absolute atomic E-state index is 9.74. The third-order valence-corrected chi connectivity index (χ3v) is 15.4. The van der Waals surface area contributed by atoms with Crippen LogP contribution in [-0.2, 0) is 13.6 Å². The van der Waals surface area contributed by atoms with Crippen LogP contribution in [0.25, 0.3) is 0 Å². The lowest BCUT2D eigenvalue weighted by molar-refractivity contribution is 0.00825. The van der Waals surface area contributed by atoms with Gasteiger partial charge in [-0.05, 0) is 43.2 Å². The lowest BCUT2D eigenvalue weighted by Crippen LogP contribution is -2.52. The van der Waals surface area contributed by atoms with Crippen molar-refractivity contribution in [3.63, 3.8) is 0 Å². The van der Waals surface area contributed by atoms with Crippen LogP contribution in [0.15, 0.2) is 0 Å². The number of nitrogens with zero attached hydrogens (tertiary/aromatic N) is 1. The average Bonchev–Trinajstić information content (AvgIpc) is 2.72. The molecule has 1 fully saturated rings. The highest BCUT2D eigenvalue weighted by Gasteiger charge is 2.53. The van der Waals surface area contributed by atoms with Crippen molar-refractivity contribution >= 4 is 16.6 Å². The summed E-state index contributed by atoms with van der Waals surface area (Å²) < 4.78 is 19.1. The Morgan fingerprint density at radius 1 is 1.04 bits per heavy atom. The van der Waals surface area contributed by atoms with Crippen LogP contribution in [0.5, 0.6) is 0 Å². The SMILES string of the molecule is CC(C)(C)[Si](C)(C)OC[C@H]1OC[C@](C)(C#N)C1O[Si](C)(C)C(C)(C)C. The molecule has 3 atom stereocenters. The molecule has 1 unspecified atom stereocenters. The fraction of sp³-hybridized carbons (Fsp3) is 0.947. The van der Waals surface area contributed by atoms with Crippen LogP contribution in [0.2, 0.25) is 36.3 Å². The summed E-state index contributed by atoms with van der Waals surface area (Å²) in [7, 11) is -3.86. The summed E-state index contributed by atoms with van der Waals surface area (Å²) in [4.78, 5) is 0. The Bertz CT molecular complexity index is 514. The second-order valence-corrected chi connectivity index (χ2v) is 20.3. The second-order valence-electron chi connectivity index (χ2n) is 10.7. The lowest BCUT2D eigenvalue weighted by atomic mass is 9.87. The molecule has 0 saturated carbocycles. The minimum Gasteiger partial charge on any atom is -0.414 e. The smallest absolute Gasteiger partial charge is 0.192 e. The minimum atomic E-state index is -2.00. The first kappa shape index (κ1) is 22.8. The molecule has 1 saturated heterocycles. The van der Waals surface area contributed by atoms with Crippen LogP contribution < -0.4 is 0 Å². The summed E-state index contributed by atoms with van der Waals surface area (Å²) in [6, 6.07) is 2.45. The maximum Gasteiger partial charge on any atom is 0.192 e. The highest BCUT2D eigenvalue weighted by molar-refractivity contribution is 6.74. The van der Waals surface area contributed by atoms with Crippen LogP contribution in [0.3, 0.4) is 0 Å². The van der Waals surface area contributed by atoms with E-state index in [-0.39, 0.29) is 22.3 Å². The maximum atomic E-state index is 9.74. The van der Waals surface area contributed by atoms with Gasteiger partial charge in [-0.25, -0.2) is 0 Å². The normalized spacial score (nSPS) is 28.9. The summed E-state index contributed by atoms with van der Waals surface area (Å²) in [5.41, 5.74) is -0.614. The molecule has 0 bridgehead atoms. The number of hydrogen-bond acceptors (Lipinski definition) is 4. The first-order valence-corrected chi connectivity index (χ1v) is 15.1. The first-order chi connectivity index (χ1) is 11.0. The molecule has 146 valence electrons. The summed E-state index contributed by atoms with van der Waals surface area (Å²) in [5.74, 6) is 0. The Morgan fingerprint density at radius 3 is 1.92 bits per heavy atom. The Hall–Kier alpha value is -0.196. The molecule has 1 rings (SSSR count). The fourth-order valence-electron chi connectivity index (χ4n) is 2.30. The van der Waals surface area contributed by atoms with E-state index in [0.29, 0.717) is 13.2 Å². The van der Waals surface area contributed by atoms with E-state index in [1.165, 1.54) is 0 Å². The fourth-order valence-corrected chi connectivity index (χ4v) is 4.71. The van der Waals surface area contributed by atoms with Gasteiger partial charge in [-0.1, -0.05) is 41.5 Å². The zero-order valence-corrected chi connectivity index (χ0v) is 20.2. The van der Waals surface area contributed by atoms with Crippen LogP contribution in [0.4, 0.5) is 0 Å². The molecule has 6 heteroatoms. The van der Waals surface area contributed by atoms with Gasteiger partial charge >= 0.3 is 0 Å².